The van der Waals surface area contributed by atoms with E-state index >= 15 is 0 Å². The molecule has 8 heteroatoms. The quantitative estimate of drug-likeness (QED) is 0.523. The van der Waals surface area contributed by atoms with Gasteiger partial charge in [0.25, 0.3) is 5.91 Å². The molecular weight excluding hydrogens is 416 g/mol. The Hall–Kier alpha value is -3.32. The van der Waals surface area contributed by atoms with Crippen LogP contribution in [0.15, 0.2) is 48.5 Å². The van der Waals surface area contributed by atoms with Crippen LogP contribution in [0.25, 0.3) is 0 Å². The predicted molar refractivity (Wildman–Crippen MR) is 122 cm³/mol. The maximum atomic E-state index is 12.4. The Morgan fingerprint density at radius 3 is 2.52 bits per heavy atom. The van der Waals surface area contributed by atoms with Crippen LogP contribution < -0.4 is 10.2 Å². The Kier molecular flexibility index (Phi) is 6.97. The van der Waals surface area contributed by atoms with Gasteiger partial charge in [0.1, 0.15) is 0 Å². The first-order valence-corrected chi connectivity index (χ1v) is 10.3. The van der Waals surface area contributed by atoms with Crippen LogP contribution in [0.4, 0.5) is 11.4 Å². The minimum atomic E-state index is -1.07. The van der Waals surface area contributed by atoms with Crippen LogP contribution in [0, 0.1) is 6.92 Å². The molecule has 0 unspecified atom stereocenters. The van der Waals surface area contributed by atoms with E-state index in [1.54, 1.807) is 36.4 Å². The van der Waals surface area contributed by atoms with Gasteiger partial charge in [-0.1, -0.05) is 18.5 Å². The van der Waals surface area contributed by atoms with Gasteiger partial charge in [-0.25, -0.2) is 4.79 Å². The molecule has 0 fully saturated rings. The Labute approximate surface area is 186 Å². The molecule has 0 bridgehead atoms. The summed E-state index contributed by atoms with van der Waals surface area (Å²) in [5.41, 5.74) is 3.44. The number of carbonyl (C=O) groups excluding carboxylic acids is 1. The first kappa shape index (κ1) is 22.4. The van der Waals surface area contributed by atoms with Gasteiger partial charge in [0, 0.05) is 29.9 Å². The maximum Gasteiger partial charge on any atom is 0.337 e. The summed E-state index contributed by atoms with van der Waals surface area (Å²) in [5, 5.41) is 17.5. The minimum absolute atomic E-state index is 0.106. The van der Waals surface area contributed by atoms with Gasteiger partial charge in [-0.15, -0.1) is 0 Å². The minimum Gasteiger partial charge on any atom is -0.478 e. The van der Waals surface area contributed by atoms with Crippen molar-refractivity contribution in [3.05, 3.63) is 76.1 Å². The number of aromatic nitrogens is 2. The van der Waals surface area contributed by atoms with E-state index in [9.17, 15) is 14.7 Å². The summed E-state index contributed by atoms with van der Waals surface area (Å²) in [6.45, 7) is 5.34. The van der Waals surface area contributed by atoms with Crippen molar-refractivity contribution in [1.29, 1.82) is 0 Å². The summed E-state index contributed by atoms with van der Waals surface area (Å²) in [4.78, 5) is 26.2. The third-order valence-electron chi connectivity index (χ3n) is 4.82. The standard InChI is InChI=1S/C23H25ClN4O3/c1-4-11-28-19(12-15(2)26-28)14-27(3)21-10-9-18(13-20(21)23(30)31)25-22(29)16-5-7-17(24)8-6-16/h5-10,12-13H,4,11,14H2,1-3H3,(H,25,29)(H,30,31). The summed E-state index contributed by atoms with van der Waals surface area (Å²) < 4.78 is 1.95. The van der Waals surface area contributed by atoms with Crippen molar-refractivity contribution in [2.75, 3.05) is 17.3 Å². The highest BCUT2D eigenvalue weighted by molar-refractivity contribution is 6.30. The number of amides is 1. The molecule has 1 aromatic heterocycles. The Balaban J connectivity index is 1.82. The van der Waals surface area contributed by atoms with Crippen molar-refractivity contribution >= 4 is 34.9 Å². The highest BCUT2D eigenvalue weighted by Gasteiger charge is 2.17. The number of carboxylic acids is 1. The van der Waals surface area contributed by atoms with Gasteiger partial charge >= 0.3 is 5.97 Å². The molecule has 162 valence electrons. The maximum absolute atomic E-state index is 12.4. The summed E-state index contributed by atoms with van der Waals surface area (Å²) in [6, 6.07) is 13.3. The van der Waals surface area contributed by atoms with E-state index in [1.807, 2.05) is 29.6 Å². The number of nitrogens with one attached hydrogen (secondary N) is 1. The summed E-state index contributed by atoms with van der Waals surface area (Å²) >= 11 is 5.86. The summed E-state index contributed by atoms with van der Waals surface area (Å²) in [7, 11) is 1.84. The van der Waals surface area contributed by atoms with E-state index in [0.29, 0.717) is 28.5 Å². The van der Waals surface area contributed by atoms with E-state index in [0.717, 1.165) is 24.4 Å². The third kappa shape index (κ3) is 5.44. The van der Waals surface area contributed by atoms with E-state index in [2.05, 4.69) is 17.3 Å². The van der Waals surface area contributed by atoms with E-state index in [-0.39, 0.29) is 11.5 Å². The lowest BCUT2D eigenvalue weighted by Gasteiger charge is -2.22. The number of hydrogen-bond donors (Lipinski definition) is 2. The van der Waals surface area contributed by atoms with Crippen LogP contribution in [-0.4, -0.2) is 33.8 Å². The first-order valence-electron chi connectivity index (χ1n) is 9.97. The van der Waals surface area contributed by atoms with E-state index in [1.165, 1.54) is 6.07 Å². The molecule has 0 aliphatic heterocycles. The van der Waals surface area contributed by atoms with Gasteiger partial charge < -0.3 is 15.3 Å². The molecule has 0 saturated carbocycles. The SMILES string of the molecule is CCCn1nc(C)cc1CN(C)c1ccc(NC(=O)c2ccc(Cl)cc2)cc1C(=O)O. The summed E-state index contributed by atoms with van der Waals surface area (Å²) in [5.74, 6) is -1.41. The van der Waals surface area contributed by atoms with Crippen molar-refractivity contribution in [3.63, 3.8) is 0 Å². The fourth-order valence-electron chi connectivity index (χ4n) is 3.38. The molecule has 2 N–H and O–H groups in total. The Morgan fingerprint density at radius 2 is 1.87 bits per heavy atom. The molecule has 2 aromatic carbocycles. The van der Waals surface area contributed by atoms with Crippen LogP contribution in [0.1, 0.15) is 45.4 Å². The van der Waals surface area contributed by atoms with Gasteiger partial charge in [0.15, 0.2) is 0 Å². The van der Waals surface area contributed by atoms with Crippen LogP contribution in [0.2, 0.25) is 5.02 Å². The average molecular weight is 441 g/mol. The highest BCUT2D eigenvalue weighted by atomic mass is 35.5. The number of benzene rings is 2. The second-order valence-electron chi connectivity index (χ2n) is 7.35. The van der Waals surface area contributed by atoms with E-state index in [4.69, 9.17) is 11.6 Å². The molecule has 0 spiro atoms. The third-order valence-corrected chi connectivity index (χ3v) is 5.07. The second-order valence-corrected chi connectivity index (χ2v) is 7.79. The van der Waals surface area contributed by atoms with Crippen LogP contribution in [0.5, 0.6) is 0 Å². The lowest BCUT2D eigenvalue weighted by atomic mass is 10.1. The predicted octanol–water partition coefficient (Wildman–Crippen LogP) is 4.84. The number of nitrogens with zero attached hydrogens (tertiary/aromatic N) is 3. The molecular formula is C23H25ClN4O3. The molecule has 0 atom stereocenters. The number of anilines is 2. The molecule has 7 nitrogen and oxygen atoms in total. The van der Waals surface area contributed by atoms with Gasteiger partial charge in [0.05, 0.1) is 29.2 Å². The zero-order valence-corrected chi connectivity index (χ0v) is 18.5. The second kappa shape index (κ2) is 9.66. The van der Waals surface area contributed by atoms with E-state index < -0.39 is 5.97 Å². The summed E-state index contributed by atoms with van der Waals surface area (Å²) in [6.07, 6.45) is 0.959. The Bertz CT molecular complexity index is 1090. The first-order chi connectivity index (χ1) is 14.8. The molecule has 31 heavy (non-hydrogen) atoms. The van der Waals surface area contributed by atoms with Crippen molar-refractivity contribution in [3.8, 4) is 0 Å². The zero-order valence-electron chi connectivity index (χ0n) is 17.7. The number of rotatable bonds is 8. The number of aromatic carboxylic acids is 1. The smallest absolute Gasteiger partial charge is 0.337 e. The van der Waals surface area contributed by atoms with Crippen molar-refractivity contribution in [1.82, 2.24) is 9.78 Å². The lowest BCUT2D eigenvalue weighted by molar-refractivity contribution is 0.0697. The van der Waals surface area contributed by atoms with Gasteiger partial charge in [-0.2, -0.15) is 5.10 Å². The zero-order chi connectivity index (χ0) is 22.5. The van der Waals surface area contributed by atoms with Gasteiger partial charge in [0.2, 0.25) is 0 Å². The number of hydrogen-bond acceptors (Lipinski definition) is 4. The topological polar surface area (TPSA) is 87.5 Å². The Morgan fingerprint density at radius 1 is 1.16 bits per heavy atom. The van der Waals surface area contributed by atoms with Crippen molar-refractivity contribution in [2.45, 2.75) is 33.4 Å². The molecule has 1 heterocycles. The lowest BCUT2D eigenvalue weighted by Crippen LogP contribution is -2.22. The van der Waals surface area contributed by atoms with Gasteiger partial charge in [-0.3, -0.25) is 9.48 Å². The number of aryl methyl sites for hydroxylation is 2. The fourth-order valence-corrected chi connectivity index (χ4v) is 3.51. The van der Waals surface area contributed by atoms with Gasteiger partial charge in [-0.05, 0) is 61.9 Å². The van der Waals surface area contributed by atoms with Crippen molar-refractivity contribution < 1.29 is 14.7 Å². The highest BCUT2D eigenvalue weighted by Crippen LogP contribution is 2.26. The molecule has 3 rings (SSSR count). The number of carboxylic acid groups (broad SMARTS) is 1. The molecule has 0 saturated heterocycles. The van der Waals surface area contributed by atoms with Crippen LogP contribution >= 0.6 is 11.6 Å². The largest absolute Gasteiger partial charge is 0.478 e. The molecule has 0 aliphatic carbocycles. The van der Waals surface area contributed by atoms with Crippen LogP contribution in [-0.2, 0) is 13.1 Å². The van der Waals surface area contributed by atoms with Crippen LogP contribution in [0.3, 0.4) is 0 Å². The monoisotopic (exact) mass is 440 g/mol. The molecule has 0 aliphatic rings. The fraction of sp³-hybridized carbons (Fsp3) is 0.261. The molecule has 1 amide bonds. The van der Waals surface area contributed by atoms with Crippen molar-refractivity contribution in [2.24, 2.45) is 0 Å². The molecule has 3 aromatic rings. The normalized spacial score (nSPS) is 10.7. The molecule has 0 radical (unpaired) electrons. The number of carbonyl (C=O) groups is 2. The number of halogens is 1. The average Bonchev–Trinajstić information content (AvgIpc) is 3.07.